The molecule has 154 valence electrons. The summed E-state index contributed by atoms with van der Waals surface area (Å²) >= 11 is 12.7. The molecule has 4 aromatic rings. The Morgan fingerprint density at radius 2 is 2.03 bits per heavy atom. The van der Waals surface area contributed by atoms with E-state index in [1.165, 1.54) is 23.4 Å². The Kier molecular flexibility index (Phi) is 4.43. The summed E-state index contributed by atoms with van der Waals surface area (Å²) in [5.74, 6) is 0.697. The number of halogens is 2. The van der Waals surface area contributed by atoms with Gasteiger partial charge in [-0.25, -0.2) is 15.0 Å². The maximum atomic E-state index is 7.66. The van der Waals surface area contributed by atoms with Gasteiger partial charge in [0.25, 0.3) is 0 Å². The molecule has 0 saturated carbocycles. The highest BCUT2D eigenvalue weighted by Crippen LogP contribution is 2.46. The lowest BCUT2D eigenvalue weighted by Gasteiger charge is -2.19. The molecule has 2 aromatic heterocycles. The minimum absolute atomic E-state index is 0.0408. The van der Waals surface area contributed by atoms with Crippen molar-refractivity contribution in [2.24, 2.45) is 7.05 Å². The largest absolute Gasteiger partial charge is 0.496 e. The smallest absolute Gasteiger partial charge is 0.191 e. The maximum Gasteiger partial charge on any atom is 0.191 e. The van der Waals surface area contributed by atoms with Crippen molar-refractivity contribution in [3.8, 4) is 22.6 Å². The first-order valence-electron chi connectivity index (χ1n) is 10.3. The number of nitrogens with two attached hydrogens (primary N) is 1. The van der Waals surface area contributed by atoms with Crippen LogP contribution in [0.15, 0.2) is 36.9 Å². The number of aromatic nitrogens is 5. The average molecular weight is 448 g/mol. The van der Waals surface area contributed by atoms with Crippen LogP contribution >= 0.6 is 23.2 Å². The van der Waals surface area contributed by atoms with Crippen LogP contribution in [-0.4, -0.2) is 31.8 Å². The van der Waals surface area contributed by atoms with Crippen LogP contribution in [0.4, 0.5) is 5.82 Å². The Morgan fingerprint density at radius 3 is 2.77 bits per heavy atom. The molecule has 2 aromatic carbocycles. The monoisotopic (exact) mass is 447 g/mol. The van der Waals surface area contributed by atoms with Gasteiger partial charge in [-0.2, -0.15) is 5.10 Å². The normalized spacial score (nSPS) is 14.1. The third kappa shape index (κ3) is 3.48. The average Bonchev–Trinajstić information content (AvgIpc) is 3.16. The van der Waals surface area contributed by atoms with Crippen molar-refractivity contribution in [3.63, 3.8) is 0 Å². The second-order valence-electron chi connectivity index (χ2n) is 6.47. The van der Waals surface area contributed by atoms with Crippen LogP contribution in [0.3, 0.4) is 0 Å². The fraction of sp³-hybridized carbons (Fsp3) is 0.200. The minimum Gasteiger partial charge on any atom is -0.496 e. The van der Waals surface area contributed by atoms with E-state index in [0.29, 0.717) is 22.3 Å². The predicted octanol–water partition coefficient (Wildman–Crippen LogP) is 4.46. The van der Waals surface area contributed by atoms with Crippen LogP contribution in [0.5, 0.6) is 11.5 Å². The number of hydrogen-bond donors (Lipinski definition) is 1. The van der Waals surface area contributed by atoms with Crippen LogP contribution in [0.25, 0.3) is 22.0 Å². The van der Waals surface area contributed by atoms with Crippen LogP contribution in [-0.2, 0) is 7.05 Å². The van der Waals surface area contributed by atoms with Crippen molar-refractivity contribution in [1.29, 1.82) is 0 Å². The van der Waals surface area contributed by atoms with E-state index in [1.807, 2.05) is 0 Å². The number of aryl methyl sites for hydroxylation is 1. The van der Waals surface area contributed by atoms with Gasteiger partial charge in [-0.1, -0.05) is 35.3 Å². The highest BCUT2D eigenvalue weighted by molar-refractivity contribution is 6.44. The van der Waals surface area contributed by atoms with Crippen molar-refractivity contribution < 1.29 is 13.6 Å². The van der Waals surface area contributed by atoms with E-state index in [-0.39, 0.29) is 32.9 Å². The molecule has 2 heterocycles. The number of anilines is 1. The number of ether oxygens (including phenoxy) is 2. The Morgan fingerprint density at radius 1 is 1.20 bits per heavy atom. The standard InChI is InChI=1S/C20H18Cl2N6O2/c1-10(20-26-9-28(2)27-20)30-14-7-13(29-3)15(11-5-4-6-12(21)17(11)22)18-16(14)19(23)25-8-24-18/h4-10H,1-3H3,(H2,23,24,25)/t10-/m1/s1/i3D3. The zero-order valence-corrected chi connectivity index (χ0v) is 17.4. The van der Waals surface area contributed by atoms with Gasteiger partial charge in [0.05, 0.1) is 37.7 Å². The number of fused-ring (bicyclic) bond motifs is 1. The Balaban J connectivity index is 1.99. The quantitative estimate of drug-likeness (QED) is 0.481. The molecule has 0 saturated heterocycles. The molecule has 2 N–H and O–H groups in total. The first-order chi connectivity index (χ1) is 15.5. The first kappa shape index (κ1) is 16.7. The Hall–Kier alpha value is -3.10. The summed E-state index contributed by atoms with van der Waals surface area (Å²) in [7, 11) is -1.03. The van der Waals surface area contributed by atoms with Gasteiger partial charge in [0, 0.05) is 18.7 Å². The van der Waals surface area contributed by atoms with Crippen molar-refractivity contribution in [2.45, 2.75) is 13.0 Å². The summed E-state index contributed by atoms with van der Waals surface area (Å²) in [6.07, 6.45) is 2.19. The van der Waals surface area contributed by atoms with E-state index >= 15 is 0 Å². The summed E-state index contributed by atoms with van der Waals surface area (Å²) in [4.78, 5) is 12.6. The number of nitrogen functional groups attached to an aromatic ring is 1. The number of nitrogens with zero attached hydrogens (tertiary/aromatic N) is 5. The lowest BCUT2D eigenvalue weighted by Crippen LogP contribution is -2.08. The Bertz CT molecular complexity index is 1350. The topological polar surface area (TPSA) is 101 Å². The lowest BCUT2D eigenvalue weighted by molar-refractivity contribution is 0.218. The number of methoxy groups -OCH3 is 1. The molecule has 30 heavy (non-hydrogen) atoms. The molecule has 0 aliphatic heterocycles. The van der Waals surface area contributed by atoms with Crippen LogP contribution < -0.4 is 15.2 Å². The van der Waals surface area contributed by atoms with Crippen LogP contribution in [0.2, 0.25) is 10.0 Å². The van der Waals surface area contributed by atoms with Crippen LogP contribution in [0.1, 0.15) is 23.0 Å². The van der Waals surface area contributed by atoms with Gasteiger partial charge in [-0.15, -0.1) is 0 Å². The van der Waals surface area contributed by atoms with Crippen molar-refractivity contribution >= 4 is 39.9 Å². The molecule has 0 bridgehead atoms. The van der Waals surface area contributed by atoms with Crippen molar-refractivity contribution in [2.75, 3.05) is 12.8 Å². The fourth-order valence-corrected chi connectivity index (χ4v) is 3.52. The molecule has 0 fully saturated rings. The number of hydrogen-bond acceptors (Lipinski definition) is 7. The van der Waals surface area contributed by atoms with E-state index in [9.17, 15) is 0 Å². The molecule has 0 aliphatic carbocycles. The molecule has 0 spiro atoms. The second-order valence-corrected chi connectivity index (χ2v) is 7.26. The maximum absolute atomic E-state index is 7.66. The van der Waals surface area contributed by atoms with Gasteiger partial charge >= 0.3 is 0 Å². The van der Waals surface area contributed by atoms with E-state index in [4.69, 9.17) is 42.5 Å². The number of benzene rings is 2. The van der Waals surface area contributed by atoms with E-state index < -0.39 is 13.1 Å². The lowest BCUT2D eigenvalue weighted by atomic mass is 10.00. The molecule has 1 atom stereocenters. The highest BCUT2D eigenvalue weighted by atomic mass is 35.5. The summed E-state index contributed by atoms with van der Waals surface area (Å²) in [5.41, 5.74) is 7.18. The third-order valence-corrected chi connectivity index (χ3v) is 5.30. The number of rotatable bonds is 5. The highest BCUT2D eigenvalue weighted by Gasteiger charge is 2.23. The molecule has 0 unspecified atom stereocenters. The summed E-state index contributed by atoms with van der Waals surface area (Å²) in [5, 5.41) is 5.07. The Labute approximate surface area is 186 Å². The molecule has 4 rings (SSSR count). The molecule has 0 radical (unpaired) electrons. The molecule has 10 heteroatoms. The molecule has 8 nitrogen and oxygen atoms in total. The van der Waals surface area contributed by atoms with E-state index in [1.54, 1.807) is 32.2 Å². The van der Waals surface area contributed by atoms with Gasteiger partial charge in [0.2, 0.25) is 0 Å². The van der Waals surface area contributed by atoms with Gasteiger partial charge < -0.3 is 15.2 Å². The minimum atomic E-state index is -2.77. The van der Waals surface area contributed by atoms with Crippen molar-refractivity contribution in [3.05, 3.63) is 52.8 Å². The van der Waals surface area contributed by atoms with Gasteiger partial charge in [0.15, 0.2) is 11.9 Å². The predicted molar refractivity (Wildman–Crippen MR) is 116 cm³/mol. The van der Waals surface area contributed by atoms with Gasteiger partial charge in [0.1, 0.15) is 30.0 Å². The van der Waals surface area contributed by atoms with E-state index in [2.05, 4.69) is 20.1 Å². The molecular formula is C20H18Cl2N6O2. The third-order valence-electron chi connectivity index (χ3n) is 4.48. The first-order valence-corrected chi connectivity index (χ1v) is 9.53. The zero-order valence-electron chi connectivity index (χ0n) is 18.9. The van der Waals surface area contributed by atoms with Crippen LogP contribution in [0, 0.1) is 0 Å². The van der Waals surface area contributed by atoms with Gasteiger partial charge in [-0.05, 0) is 13.0 Å². The summed E-state index contributed by atoms with van der Waals surface area (Å²) < 4.78 is 35.9. The van der Waals surface area contributed by atoms with E-state index in [0.717, 1.165) is 0 Å². The SMILES string of the molecule is [2H]C([2H])([2H])Oc1cc(O[C@H](C)c2ncn(C)n2)c2c(N)ncnc2c1-c1cccc(Cl)c1Cl. The molecular weight excluding hydrogens is 427 g/mol. The summed E-state index contributed by atoms with van der Waals surface area (Å²) in [6, 6.07) is 6.38. The fourth-order valence-electron chi connectivity index (χ4n) is 3.13. The zero-order chi connectivity index (χ0) is 23.9. The summed E-state index contributed by atoms with van der Waals surface area (Å²) in [6.45, 7) is 1.74. The second kappa shape index (κ2) is 7.97. The van der Waals surface area contributed by atoms with Crippen molar-refractivity contribution in [1.82, 2.24) is 24.7 Å². The molecule has 0 amide bonds. The molecule has 0 aliphatic rings. The van der Waals surface area contributed by atoms with Gasteiger partial charge in [-0.3, -0.25) is 4.68 Å².